The Labute approximate surface area is 126 Å². The van der Waals surface area contributed by atoms with Crippen LogP contribution in [0.1, 0.15) is 25.0 Å². The Bertz CT molecular complexity index is 547. The van der Waals surface area contributed by atoms with E-state index in [1.54, 1.807) is 6.92 Å². The molecule has 21 heavy (non-hydrogen) atoms. The summed E-state index contributed by atoms with van der Waals surface area (Å²) in [5, 5.41) is 10.5. The summed E-state index contributed by atoms with van der Waals surface area (Å²) in [4.78, 5) is 0. The van der Waals surface area contributed by atoms with Gasteiger partial charge >= 0.3 is 0 Å². The Morgan fingerprint density at radius 1 is 1.10 bits per heavy atom. The predicted octanol–water partition coefficient (Wildman–Crippen LogP) is 2.86. The van der Waals surface area contributed by atoms with Gasteiger partial charge < -0.3 is 15.6 Å². The van der Waals surface area contributed by atoms with E-state index in [2.05, 4.69) is 0 Å². The van der Waals surface area contributed by atoms with Crippen LogP contribution in [-0.4, -0.2) is 17.8 Å². The maximum absolute atomic E-state index is 10.5. The van der Waals surface area contributed by atoms with E-state index < -0.39 is 5.60 Å². The molecule has 0 radical (unpaired) electrons. The number of benzene rings is 2. The highest BCUT2D eigenvalue weighted by molar-refractivity contribution is 5.28. The average Bonchev–Trinajstić information content (AvgIpc) is 2.47. The lowest BCUT2D eigenvalue weighted by molar-refractivity contribution is 0.00759. The Hall–Kier alpha value is -1.84. The highest BCUT2D eigenvalue weighted by atomic mass is 16.5. The van der Waals surface area contributed by atoms with Crippen molar-refractivity contribution < 1.29 is 9.84 Å². The molecule has 0 bridgehead atoms. The van der Waals surface area contributed by atoms with Gasteiger partial charge in [-0.25, -0.2) is 0 Å². The molecule has 0 saturated carbocycles. The number of aliphatic hydroxyl groups is 1. The van der Waals surface area contributed by atoms with Gasteiger partial charge in [0.25, 0.3) is 0 Å². The van der Waals surface area contributed by atoms with Crippen LogP contribution >= 0.6 is 0 Å². The highest BCUT2D eigenvalue weighted by Gasteiger charge is 2.23. The second-order valence-electron chi connectivity index (χ2n) is 5.75. The van der Waals surface area contributed by atoms with Crippen LogP contribution < -0.4 is 10.5 Å². The first-order valence-corrected chi connectivity index (χ1v) is 7.22. The first kappa shape index (κ1) is 15.5. The van der Waals surface area contributed by atoms with Crippen LogP contribution in [0, 0.1) is 0 Å². The van der Waals surface area contributed by atoms with Gasteiger partial charge in [0, 0.05) is 6.04 Å². The summed E-state index contributed by atoms with van der Waals surface area (Å²) in [6, 6.07) is 17.5. The number of hydrogen-bond acceptors (Lipinski definition) is 3. The molecule has 112 valence electrons. The van der Waals surface area contributed by atoms with Crippen molar-refractivity contribution in [3.05, 3.63) is 65.7 Å². The summed E-state index contributed by atoms with van der Waals surface area (Å²) in [5.41, 5.74) is 6.80. The van der Waals surface area contributed by atoms with Crippen LogP contribution in [0.25, 0.3) is 0 Å². The van der Waals surface area contributed by atoms with E-state index in [9.17, 15) is 5.11 Å². The topological polar surface area (TPSA) is 55.5 Å². The lowest BCUT2D eigenvalue weighted by atomic mass is 9.97. The van der Waals surface area contributed by atoms with Crippen LogP contribution in [0.5, 0.6) is 5.75 Å². The molecule has 0 heterocycles. The third-order valence-electron chi connectivity index (χ3n) is 3.40. The van der Waals surface area contributed by atoms with E-state index >= 15 is 0 Å². The molecule has 2 unspecified atom stereocenters. The van der Waals surface area contributed by atoms with Crippen molar-refractivity contribution in [1.29, 1.82) is 0 Å². The molecular formula is C18H23NO2. The molecule has 0 amide bonds. The summed E-state index contributed by atoms with van der Waals surface area (Å²) in [5.74, 6) is 0.750. The smallest absolute Gasteiger partial charge is 0.121 e. The molecule has 3 heteroatoms. The average molecular weight is 285 g/mol. The maximum Gasteiger partial charge on any atom is 0.121 e. The number of nitrogens with two attached hydrogens (primary N) is 1. The van der Waals surface area contributed by atoms with Gasteiger partial charge in [0.15, 0.2) is 0 Å². The van der Waals surface area contributed by atoms with Crippen LogP contribution in [0.15, 0.2) is 54.6 Å². The van der Waals surface area contributed by atoms with E-state index in [4.69, 9.17) is 10.5 Å². The monoisotopic (exact) mass is 285 g/mol. The molecule has 0 aliphatic heterocycles. The van der Waals surface area contributed by atoms with Gasteiger partial charge in [-0.1, -0.05) is 42.5 Å². The minimum Gasteiger partial charge on any atom is -0.490 e. The van der Waals surface area contributed by atoms with Crippen molar-refractivity contribution in [3.63, 3.8) is 0 Å². The normalized spacial score (nSPS) is 15.2. The summed E-state index contributed by atoms with van der Waals surface area (Å²) < 4.78 is 5.70. The summed E-state index contributed by atoms with van der Waals surface area (Å²) >= 11 is 0. The summed E-state index contributed by atoms with van der Waals surface area (Å²) in [7, 11) is 0. The molecule has 0 fully saturated rings. The van der Waals surface area contributed by atoms with Crippen molar-refractivity contribution in [2.45, 2.75) is 31.9 Å². The van der Waals surface area contributed by atoms with Crippen molar-refractivity contribution in [1.82, 2.24) is 0 Å². The largest absolute Gasteiger partial charge is 0.490 e. The second kappa shape index (κ2) is 6.74. The van der Waals surface area contributed by atoms with Gasteiger partial charge in [-0.15, -0.1) is 0 Å². The first-order valence-electron chi connectivity index (χ1n) is 7.22. The number of rotatable bonds is 6. The molecule has 2 atom stereocenters. The molecule has 2 aromatic carbocycles. The van der Waals surface area contributed by atoms with E-state index in [1.807, 2.05) is 61.5 Å². The van der Waals surface area contributed by atoms with Crippen molar-refractivity contribution in [3.8, 4) is 5.75 Å². The molecule has 0 aliphatic carbocycles. The Morgan fingerprint density at radius 3 is 2.29 bits per heavy atom. The van der Waals surface area contributed by atoms with E-state index in [0.717, 1.165) is 17.7 Å². The minimum absolute atomic E-state index is 0.149. The van der Waals surface area contributed by atoms with Gasteiger partial charge in [0.2, 0.25) is 0 Å². The third-order valence-corrected chi connectivity index (χ3v) is 3.40. The quantitative estimate of drug-likeness (QED) is 0.858. The van der Waals surface area contributed by atoms with E-state index in [0.29, 0.717) is 0 Å². The summed E-state index contributed by atoms with van der Waals surface area (Å²) in [6.07, 6.45) is 0.849. The molecule has 0 spiro atoms. The number of ether oxygens (including phenoxy) is 1. The third kappa shape index (κ3) is 4.59. The van der Waals surface area contributed by atoms with Crippen molar-refractivity contribution in [2.24, 2.45) is 5.73 Å². The molecule has 0 aliphatic rings. The number of hydrogen-bond donors (Lipinski definition) is 2. The summed E-state index contributed by atoms with van der Waals surface area (Å²) in [6.45, 7) is 3.96. The molecule has 2 aromatic rings. The first-order chi connectivity index (χ1) is 9.97. The second-order valence-corrected chi connectivity index (χ2v) is 5.75. The molecular weight excluding hydrogens is 262 g/mol. The van der Waals surface area contributed by atoms with Crippen LogP contribution in [0.2, 0.25) is 0 Å². The fourth-order valence-electron chi connectivity index (χ4n) is 2.20. The SMILES string of the molecule is CC(N)Cc1ccc(OCC(C)(O)c2ccccc2)cc1. The van der Waals surface area contributed by atoms with Gasteiger partial charge in [-0.2, -0.15) is 0 Å². The molecule has 3 nitrogen and oxygen atoms in total. The minimum atomic E-state index is -1.01. The molecule has 0 saturated heterocycles. The Balaban J connectivity index is 1.96. The van der Waals surface area contributed by atoms with Crippen molar-refractivity contribution >= 4 is 0 Å². The lowest BCUT2D eigenvalue weighted by Crippen LogP contribution is -2.29. The zero-order valence-electron chi connectivity index (χ0n) is 12.6. The van der Waals surface area contributed by atoms with Crippen LogP contribution in [0.4, 0.5) is 0 Å². The highest BCUT2D eigenvalue weighted by Crippen LogP contribution is 2.22. The predicted molar refractivity (Wildman–Crippen MR) is 85.3 cm³/mol. The standard InChI is InChI=1S/C18H23NO2/c1-14(19)12-15-8-10-17(11-9-15)21-13-18(2,20)16-6-4-3-5-7-16/h3-11,14,20H,12-13,19H2,1-2H3. The van der Waals surface area contributed by atoms with Crippen molar-refractivity contribution in [2.75, 3.05) is 6.61 Å². The zero-order chi connectivity index (χ0) is 15.3. The van der Waals surface area contributed by atoms with E-state index in [-0.39, 0.29) is 12.6 Å². The fraction of sp³-hybridized carbons (Fsp3) is 0.333. The fourth-order valence-corrected chi connectivity index (χ4v) is 2.20. The van der Waals surface area contributed by atoms with Crippen LogP contribution in [0.3, 0.4) is 0 Å². The zero-order valence-corrected chi connectivity index (χ0v) is 12.6. The molecule has 3 N–H and O–H groups in total. The van der Waals surface area contributed by atoms with E-state index in [1.165, 1.54) is 5.56 Å². The maximum atomic E-state index is 10.5. The van der Waals surface area contributed by atoms with Gasteiger partial charge in [-0.05, 0) is 43.5 Å². The van der Waals surface area contributed by atoms with Gasteiger partial charge in [-0.3, -0.25) is 0 Å². The van der Waals surface area contributed by atoms with Gasteiger partial charge in [0.1, 0.15) is 18.0 Å². The Kier molecular flexibility index (Phi) is 4.99. The molecule has 0 aromatic heterocycles. The Morgan fingerprint density at radius 2 is 1.71 bits per heavy atom. The molecule has 2 rings (SSSR count). The van der Waals surface area contributed by atoms with Gasteiger partial charge in [0.05, 0.1) is 0 Å². The lowest BCUT2D eigenvalue weighted by Gasteiger charge is -2.24. The van der Waals surface area contributed by atoms with Crippen LogP contribution in [-0.2, 0) is 12.0 Å².